The smallest absolute Gasteiger partial charge is 0.0520 e. The van der Waals surface area contributed by atoms with Gasteiger partial charge >= 0.3 is 0 Å². The van der Waals surface area contributed by atoms with Crippen molar-refractivity contribution in [1.29, 1.82) is 0 Å². The molecule has 5 nitrogen and oxygen atoms in total. The Hall–Kier alpha value is -13.5. The average molecular weight is 1800 g/mol. The van der Waals surface area contributed by atoms with Gasteiger partial charge in [0, 0.05) is 91.2 Å². The average Bonchev–Trinajstić information content (AvgIpc) is 1.49. The first kappa shape index (κ1) is 105. The molecule has 0 aromatic heterocycles. The molecular weight excluding hydrogens is 1640 g/mol. The molecule has 24 rings (SSSR count). The van der Waals surface area contributed by atoms with E-state index in [4.69, 9.17) is 0 Å². The van der Waals surface area contributed by atoms with Crippen LogP contribution >= 0.6 is 0 Å². The van der Waals surface area contributed by atoms with Gasteiger partial charge in [0.25, 0.3) is 0 Å². The Bertz CT molecular complexity index is 6820. The van der Waals surface area contributed by atoms with Crippen molar-refractivity contribution in [2.45, 2.75) is 203 Å². The molecule has 0 spiro atoms. The molecule has 0 amide bonds. The van der Waals surface area contributed by atoms with Crippen molar-refractivity contribution in [3.05, 3.63) is 407 Å². The Kier molecular flexibility index (Phi) is 40.3. The first-order valence-electron chi connectivity index (χ1n) is 51.5. The van der Waals surface area contributed by atoms with Crippen molar-refractivity contribution in [2.75, 3.05) is 59.7 Å². The van der Waals surface area contributed by atoms with Gasteiger partial charge in [-0.25, -0.2) is 0 Å². The third kappa shape index (κ3) is 22.7. The van der Waals surface area contributed by atoms with E-state index in [1.807, 2.05) is 138 Å². The molecule has 0 aliphatic carbocycles. The Morgan fingerprint density at radius 2 is 0.331 bits per heavy atom. The Labute approximate surface area is 818 Å². The summed E-state index contributed by atoms with van der Waals surface area (Å²) >= 11 is 0. The molecule has 0 fully saturated rings. The predicted octanol–water partition coefficient (Wildman–Crippen LogP) is 38.4. The number of anilines is 10. The first-order valence-corrected chi connectivity index (χ1v) is 51.5. The summed E-state index contributed by atoms with van der Waals surface area (Å²) in [6, 6.07) is 128. The summed E-state index contributed by atoms with van der Waals surface area (Å²) in [5, 5.41) is 24.1. The van der Waals surface area contributed by atoms with E-state index in [2.05, 4.69) is 412 Å². The highest BCUT2D eigenvalue weighted by Gasteiger charge is 2.27. The van der Waals surface area contributed by atoms with E-state index in [9.17, 15) is 0 Å². The second-order valence-corrected chi connectivity index (χ2v) is 32.1. The number of fused-ring (bicyclic) bond motifs is 25. The molecule has 19 aromatic carbocycles. The molecule has 0 atom stereocenters. The van der Waals surface area contributed by atoms with Crippen molar-refractivity contribution in [1.82, 2.24) is 0 Å². The van der Waals surface area contributed by atoms with Gasteiger partial charge < -0.3 is 24.5 Å². The van der Waals surface area contributed by atoms with Gasteiger partial charge in [-0.15, -0.1) is 0 Å². The van der Waals surface area contributed by atoms with Crippen molar-refractivity contribution in [3.63, 3.8) is 0 Å². The Morgan fingerprint density at radius 1 is 0.132 bits per heavy atom. The topological polar surface area (TPSA) is 16.2 Å². The van der Waals surface area contributed by atoms with Gasteiger partial charge in [0.15, 0.2) is 0 Å². The third-order valence-electron chi connectivity index (χ3n) is 25.6. The molecule has 702 valence electrons. The maximum Gasteiger partial charge on any atom is 0.0520 e. The predicted molar refractivity (Wildman–Crippen MR) is 613 cm³/mol. The second-order valence-electron chi connectivity index (χ2n) is 32.1. The van der Waals surface area contributed by atoms with Gasteiger partial charge in [-0.3, -0.25) is 0 Å². The number of rotatable bonds is 0. The number of para-hydroxylation sites is 1. The molecule has 5 heteroatoms. The van der Waals surface area contributed by atoms with Gasteiger partial charge in [-0.05, 0) is 261 Å². The fraction of sp³-hybridized carbons (Fsp3) is 0.267. The van der Waals surface area contributed by atoms with E-state index in [0.717, 1.165) is 64.2 Å². The van der Waals surface area contributed by atoms with Crippen molar-refractivity contribution < 1.29 is 0 Å². The van der Waals surface area contributed by atoms with Crippen LogP contribution < -0.4 is 24.5 Å². The number of hydrogen-bond acceptors (Lipinski definition) is 5. The summed E-state index contributed by atoms with van der Waals surface area (Å²) < 4.78 is 0. The normalized spacial score (nSPS) is 12.1. The van der Waals surface area contributed by atoms with E-state index in [0.29, 0.717) is 0 Å². The monoisotopic (exact) mass is 1800 g/mol. The lowest BCUT2D eigenvalue weighted by Crippen LogP contribution is -2.12. The Balaban J connectivity index is 0.000000168. The lowest BCUT2D eigenvalue weighted by molar-refractivity contribution is 0.980. The molecule has 0 saturated heterocycles. The van der Waals surface area contributed by atoms with E-state index in [1.165, 1.54) is 209 Å². The quantitative estimate of drug-likeness (QED) is 0.150. The molecule has 5 aliphatic heterocycles. The van der Waals surface area contributed by atoms with Crippen LogP contribution in [0, 0.1) is 0 Å². The molecule has 0 radical (unpaired) electrons. The van der Waals surface area contributed by atoms with Crippen LogP contribution in [0.5, 0.6) is 0 Å². The SMILES string of the molecule is CC.CC.CC.CC.CC.CC.CC.CC.CC.CC.CN1c2c(ccc3ccccc23)CCc2ccc3ccccc3c21.CN1c2cc3ccccc3cc2CCc2c1ccc1ccccc21.CN1c2cc3ccccc3cc2CCc2cc3ccccc3cc21.CN1c2ccc3ccccc3c2CCc2ccc3ccccc3c21.CN1c2ccccc2CCc2c1ccc1ccccc21. The summed E-state index contributed by atoms with van der Waals surface area (Å²) in [5.41, 5.74) is 27.9. The standard InChI is InChI=1S/4C23H19N.C19H17N.10C2H6/c1-24-22-18(12-10-16-6-2-4-8-20(16)22)14-15-19-13-11-17-7-3-5-9-21(17)23(19)24;1-24-22-14-18-8-4-2-6-16(18)12-20(22)10-11-21-13-17-7-3-5-9-19(17)15-23(21)24;1-24-22-15-13-16-6-2-4-8-19(16)21(22)14-12-18-11-10-17-7-3-5-9-20(17)23(18)24;1-24-22-13-11-16-6-4-5-9-20(16)21(22)12-10-19-14-17-7-2-3-8-18(17)15-23(19)24;1-20-18-9-5-3-7-15(18)10-12-17-16-8-4-2-6-14(16)11-13-19(17)20;10*1-2/h2-13H,14-15H2,1H3;2-9,12-15H,10-11H2,1H3;2-11,13,15H,12,14H2,1H3;2-9,11,13-15H,10,12H2,1H3;2-9,11,13H,10,12H2,1H3;10*1-2H3. The maximum absolute atomic E-state index is 2.42. The fourth-order valence-electron chi connectivity index (χ4n) is 19.8. The summed E-state index contributed by atoms with van der Waals surface area (Å²) in [7, 11) is 11.0. The summed E-state index contributed by atoms with van der Waals surface area (Å²) in [5.74, 6) is 0. The zero-order valence-corrected chi connectivity index (χ0v) is 86.8. The molecule has 0 saturated carbocycles. The lowest BCUT2D eigenvalue weighted by Gasteiger charge is -2.25. The van der Waals surface area contributed by atoms with Gasteiger partial charge in [0.05, 0.1) is 17.1 Å². The lowest BCUT2D eigenvalue weighted by atomic mass is 9.97. The largest absolute Gasteiger partial charge is 0.344 e. The van der Waals surface area contributed by atoms with E-state index >= 15 is 0 Å². The van der Waals surface area contributed by atoms with Crippen LogP contribution in [0.15, 0.2) is 352 Å². The van der Waals surface area contributed by atoms with Gasteiger partial charge in [-0.1, -0.05) is 430 Å². The minimum atomic E-state index is 1.09. The molecule has 0 unspecified atom stereocenters. The van der Waals surface area contributed by atoms with Gasteiger partial charge in [0.2, 0.25) is 0 Å². The van der Waals surface area contributed by atoms with Gasteiger partial charge in [-0.2, -0.15) is 0 Å². The number of benzene rings is 19. The van der Waals surface area contributed by atoms with Crippen LogP contribution in [-0.4, -0.2) is 35.2 Å². The van der Waals surface area contributed by atoms with Crippen LogP contribution in [0.25, 0.3) is 97.0 Å². The summed E-state index contributed by atoms with van der Waals surface area (Å²) in [4.78, 5) is 11.9. The molecule has 0 bridgehead atoms. The van der Waals surface area contributed by atoms with Crippen LogP contribution in [0.4, 0.5) is 56.9 Å². The number of hydrogen-bond donors (Lipinski definition) is 0. The molecule has 136 heavy (non-hydrogen) atoms. The number of nitrogens with zero attached hydrogens (tertiary/aromatic N) is 5. The fourth-order valence-corrected chi connectivity index (χ4v) is 19.8. The van der Waals surface area contributed by atoms with Crippen LogP contribution in [0.3, 0.4) is 0 Å². The molecule has 5 heterocycles. The van der Waals surface area contributed by atoms with Crippen molar-refractivity contribution in [3.8, 4) is 0 Å². The highest BCUT2D eigenvalue weighted by molar-refractivity contribution is 6.06. The maximum atomic E-state index is 2.42. The molecular formula is C131H153N5. The van der Waals surface area contributed by atoms with Crippen molar-refractivity contribution >= 4 is 154 Å². The first-order chi connectivity index (χ1) is 67.1. The van der Waals surface area contributed by atoms with E-state index < -0.39 is 0 Å². The highest BCUT2D eigenvalue weighted by atomic mass is 15.1. The zero-order chi connectivity index (χ0) is 97.9. The second kappa shape index (κ2) is 52.4. The van der Waals surface area contributed by atoms with Crippen LogP contribution in [0.2, 0.25) is 0 Å². The highest BCUT2D eigenvalue weighted by Crippen LogP contribution is 2.48. The summed E-state index contributed by atoms with van der Waals surface area (Å²) in [6.07, 6.45) is 11.0. The third-order valence-corrected chi connectivity index (χ3v) is 25.6. The van der Waals surface area contributed by atoms with E-state index in [-0.39, 0.29) is 0 Å². The number of aryl methyl sites for hydroxylation is 10. The minimum absolute atomic E-state index is 1.09. The van der Waals surface area contributed by atoms with Crippen LogP contribution in [0.1, 0.15) is 194 Å². The minimum Gasteiger partial charge on any atom is -0.344 e. The van der Waals surface area contributed by atoms with E-state index in [1.54, 1.807) is 0 Å². The van der Waals surface area contributed by atoms with Crippen molar-refractivity contribution in [2.24, 2.45) is 0 Å². The molecule has 19 aromatic rings. The molecule has 5 aliphatic rings. The van der Waals surface area contributed by atoms with Crippen LogP contribution in [-0.2, 0) is 64.2 Å². The molecule has 0 N–H and O–H groups in total. The summed E-state index contributed by atoms with van der Waals surface area (Å²) in [6.45, 7) is 40.0. The van der Waals surface area contributed by atoms with Gasteiger partial charge in [0.1, 0.15) is 0 Å². The zero-order valence-electron chi connectivity index (χ0n) is 86.8. The Morgan fingerprint density at radius 3 is 0.647 bits per heavy atom.